The molecule has 3 N–H and O–H groups in total. The Kier molecular flexibility index (Phi) is 6.46. The summed E-state index contributed by atoms with van der Waals surface area (Å²) in [5, 5.41) is 3.67. The summed E-state index contributed by atoms with van der Waals surface area (Å²) in [7, 11) is 1.61. The molecular formula is C17H19N3O4. The third-order valence-electron chi connectivity index (χ3n) is 2.93. The van der Waals surface area contributed by atoms with Gasteiger partial charge in [-0.05, 0) is 42.0 Å². The molecule has 0 fully saturated rings. The number of hydrazone groups is 1. The summed E-state index contributed by atoms with van der Waals surface area (Å²) in [6, 6.07) is 13.9. The predicted molar refractivity (Wildman–Crippen MR) is 90.7 cm³/mol. The van der Waals surface area contributed by atoms with Gasteiger partial charge in [-0.2, -0.15) is 5.10 Å². The zero-order chi connectivity index (χ0) is 17.2. The van der Waals surface area contributed by atoms with E-state index in [9.17, 15) is 4.79 Å². The molecule has 2 aromatic rings. The van der Waals surface area contributed by atoms with E-state index in [1.807, 2.05) is 36.4 Å². The molecule has 0 atom stereocenters. The summed E-state index contributed by atoms with van der Waals surface area (Å²) in [5.74, 6) is 2.19. The normalized spacial score (nSPS) is 10.4. The summed E-state index contributed by atoms with van der Waals surface area (Å²) in [6.07, 6.45) is 1.49. The number of carbonyl (C=O) groups excluding carboxylic acids is 1. The Bertz CT molecular complexity index is 686. The number of primary amides is 1. The van der Waals surface area contributed by atoms with Crippen LogP contribution in [0.15, 0.2) is 53.6 Å². The van der Waals surface area contributed by atoms with Crippen LogP contribution in [0.2, 0.25) is 0 Å². The number of methoxy groups -OCH3 is 1. The molecule has 7 nitrogen and oxygen atoms in total. The van der Waals surface area contributed by atoms with Gasteiger partial charge in [0.2, 0.25) is 0 Å². The van der Waals surface area contributed by atoms with E-state index in [4.69, 9.17) is 19.9 Å². The predicted octanol–water partition coefficient (Wildman–Crippen LogP) is 2.16. The van der Waals surface area contributed by atoms with Crippen LogP contribution in [0, 0.1) is 0 Å². The van der Waals surface area contributed by atoms with Crippen LogP contribution in [0.5, 0.6) is 17.2 Å². The number of urea groups is 1. The average molecular weight is 329 g/mol. The Labute approximate surface area is 140 Å². The first kappa shape index (κ1) is 17.1. The molecule has 0 unspecified atom stereocenters. The van der Waals surface area contributed by atoms with E-state index in [2.05, 4.69) is 10.5 Å². The highest BCUT2D eigenvalue weighted by Gasteiger charge is 1.98. The minimum atomic E-state index is -0.706. The lowest BCUT2D eigenvalue weighted by Crippen LogP contribution is -2.24. The number of nitrogens with two attached hydrogens (primary N) is 1. The second-order valence-corrected chi connectivity index (χ2v) is 4.68. The molecule has 0 aromatic heterocycles. The first-order valence-corrected chi connectivity index (χ1v) is 7.25. The number of nitrogens with zero attached hydrogens (tertiary/aromatic N) is 1. The Hall–Kier alpha value is -3.22. The second-order valence-electron chi connectivity index (χ2n) is 4.68. The highest BCUT2D eigenvalue weighted by molar-refractivity contribution is 5.81. The third kappa shape index (κ3) is 5.88. The number of ether oxygens (including phenoxy) is 3. The van der Waals surface area contributed by atoms with Gasteiger partial charge in [0.05, 0.1) is 13.3 Å². The first-order valence-electron chi connectivity index (χ1n) is 7.25. The van der Waals surface area contributed by atoms with Crippen LogP contribution in [-0.2, 0) is 0 Å². The summed E-state index contributed by atoms with van der Waals surface area (Å²) in [6.45, 7) is 0.826. The fourth-order valence-corrected chi connectivity index (χ4v) is 1.83. The van der Waals surface area contributed by atoms with Gasteiger partial charge in [0, 0.05) is 6.07 Å². The van der Waals surface area contributed by atoms with Crippen molar-refractivity contribution in [1.82, 2.24) is 5.43 Å². The molecule has 0 aliphatic heterocycles. The van der Waals surface area contributed by atoms with Gasteiger partial charge in [0.1, 0.15) is 30.5 Å². The van der Waals surface area contributed by atoms with Gasteiger partial charge in [-0.3, -0.25) is 0 Å². The summed E-state index contributed by atoms with van der Waals surface area (Å²) < 4.78 is 16.3. The standard InChI is InChI=1S/C17H19N3O4/c1-22-15-3-2-4-16(11-15)24-10-9-23-14-7-5-13(6-8-14)12-19-20-17(18)21/h2-8,11-12H,9-10H2,1H3,(H3,18,20,21). The van der Waals surface area contributed by atoms with Gasteiger partial charge in [0.25, 0.3) is 0 Å². The zero-order valence-electron chi connectivity index (χ0n) is 13.3. The van der Waals surface area contributed by atoms with E-state index in [0.717, 1.165) is 17.1 Å². The van der Waals surface area contributed by atoms with Crippen molar-refractivity contribution in [1.29, 1.82) is 0 Å². The van der Waals surface area contributed by atoms with Crippen molar-refractivity contribution in [3.8, 4) is 17.2 Å². The van der Waals surface area contributed by atoms with Gasteiger partial charge in [-0.15, -0.1) is 0 Å². The van der Waals surface area contributed by atoms with Gasteiger partial charge in [-0.1, -0.05) is 6.07 Å². The van der Waals surface area contributed by atoms with E-state index >= 15 is 0 Å². The highest BCUT2D eigenvalue weighted by Crippen LogP contribution is 2.18. The molecule has 0 aliphatic carbocycles. The fourth-order valence-electron chi connectivity index (χ4n) is 1.83. The molecular weight excluding hydrogens is 310 g/mol. The van der Waals surface area contributed by atoms with Gasteiger partial charge in [-0.25, -0.2) is 10.2 Å². The number of rotatable bonds is 8. The van der Waals surface area contributed by atoms with Gasteiger partial charge in [0.15, 0.2) is 0 Å². The molecule has 7 heteroatoms. The van der Waals surface area contributed by atoms with E-state index in [-0.39, 0.29) is 0 Å². The Balaban J connectivity index is 1.74. The van der Waals surface area contributed by atoms with Crippen molar-refractivity contribution < 1.29 is 19.0 Å². The Morgan fingerprint density at radius 3 is 2.42 bits per heavy atom. The maximum Gasteiger partial charge on any atom is 0.332 e. The molecule has 2 rings (SSSR count). The summed E-state index contributed by atoms with van der Waals surface area (Å²) in [5.41, 5.74) is 7.84. The monoisotopic (exact) mass is 329 g/mol. The number of hydrogen-bond acceptors (Lipinski definition) is 5. The SMILES string of the molecule is COc1cccc(OCCOc2ccc(C=NNC(N)=O)cc2)c1. The number of hydrogen-bond donors (Lipinski definition) is 2. The molecule has 0 bridgehead atoms. The number of nitrogens with one attached hydrogen (secondary N) is 1. The number of benzene rings is 2. The minimum absolute atomic E-state index is 0.411. The minimum Gasteiger partial charge on any atom is -0.497 e. The molecule has 24 heavy (non-hydrogen) atoms. The van der Waals surface area contributed by atoms with Crippen LogP contribution in [0.4, 0.5) is 4.79 Å². The molecule has 0 aliphatic rings. The lowest BCUT2D eigenvalue weighted by Gasteiger charge is -2.09. The summed E-state index contributed by atoms with van der Waals surface area (Å²) >= 11 is 0. The second kappa shape index (κ2) is 9.04. The zero-order valence-corrected chi connectivity index (χ0v) is 13.3. The number of amides is 2. The first-order chi connectivity index (χ1) is 11.7. The topological polar surface area (TPSA) is 95.2 Å². The van der Waals surface area contributed by atoms with E-state index in [1.54, 1.807) is 19.2 Å². The Morgan fingerprint density at radius 1 is 1.08 bits per heavy atom. The molecule has 0 spiro atoms. The van der Waals surface area contributed by atoms with Gasteiger partial charge < -0.3 is 19.9 Å². The lowest BCUT2D eigenvalue weighted by atomic mass is 10.2. The Morgan fingerprint density at radius 2 is 1.75 bits per heavy atom. The number of carbonyl (C=O) groups is 1. The van der Waals surface area contributed by atoms with Crippen molar-refractivity contribution in [2.45, 2.75) is 0 Å². The van der Waals surface area contributed by atoms with Crippen molar-refractivity contribution in [3.63, 3.8) is 0 Å². The molecule has 0 radical (unpaired) electrons. The van der Waals surface area contributed by atoms with E-state index in [1.165, 1.54) is 6.21 Å². The van der Waals surface area contributed by atoms with Crippen molar-refractivity contribution in [3.05, 3.63) is 54.1 Å². The third-order valence-corrected chi connectivity index (χ3v) is 2.93. The largest absolute Gasteiger partial charge is 0.497 e. The average Bonchev–Trinajstić information content (AvgIpc) is 2.60. The van der Waals surface area contributed by atoms with Crippen LogP contribution >= 0.6 is 0 Å². The summed E-state index contributed by atoms with van der Waals surface area (Å²) in [4.78, 5) is 10.5. The maximum absolute atomic E-state index is 10.5. The van der Waals surface area contributed by atoms with Crippen LogP contribution in [-0.4, -0.2) is 32.6 Å². The lowest BCUT2D eigenvalue weighted by molar-refractivity contribution is 0.216. The smallest absolute Gasteiger partial charge is 0.332 e. The quantitative estimate of drug-likeness (QED) is 0.441. The van der Waals surface area contributed by atoms with Gasteiger partial charge >= 0.3 is 6.03 Å². The van der Waals surface area contributed by atoms with Crippen LogP contribution in [0.1, 0.15) is 5.56 Å². The van der Waals surface area contributed by atoms with E-state index < -0.39 is 6.03 Å². The van der Waals surface area contributed by atoms with Crippen LogP contribution in [0.25, 0.3) is 0 Å². The molecule has 0 heterocycles. The maximum atomic E-state index is 10.5. The van der Waals surface area contributed by atoms with Crippen molar-refractivity contribution in [2.24, 2.45) is 10.8 Å². The molecule has 2 amide bonds. The van der Waals surface area contributed by atoms with Crippen molar-refractivity contribution >= 4 is 12.2 Å². The van der Waals surface area contributed by atoms with Crippen molar-refractivity contribution in [2.75, 3.05) is 20.3 Å². The van der Waals surface area contributed by atoms with E-state index in [0.29, 0.717) is 19.0 Å². The fraction of sp³-hybridized carbons (Fsp3) is 0.176. The molecule has 2 aromatic carbocycles. The highest BCUT2D eigenvalue weighted by atomic mass is 16.5. The molecule has 126 valence electrons. The molecule has 0 saturated heterocycles. The van der Waals surface area contributed by atoms with Crippen LogP contribution in [0.3, 0.4) is 0 Å². The van der Waals surface area contributed by atoms with Crippen LogP contribution < -0.4 is 25.4 Å². The molecule has 0 saturated carbocycles.